The molecule has 1 aliphatic rings. The van der Waals surface area contributed by atoms with Crippen molar-refractivity contribution in [1.29, 1.82) is 0 Å². The molecule has 0 bridgehead atoms. The molecule has 1 aliphatic heterocycles. The topological polar surface area (TPSA) is 67.6 Å². The third-order valence-corrected chi connectivity index (χ3v) is 4.13. The molecule has 3 N–H and O–H groups in total. The molecule has 0 aliphatic carbocycles. The van der Waals surface area contributed by atoms with Gasteiger partial charge in [-0.2, -0.15) is 0 Å². The van der Waals surface area contributed by atoms with Gasteiger partial charge >= 0.3 is 0 Å². The van der Waals surface area contributed by atoms with E-state index in [4.69, 9.17) is 10.5 Å². The molecule has 1 heterocycles. The molecule has 1 rings (SSSR count). The van der Waals surface area contributed by atoms with E-state index < -0.39 is 0 Å². The first kappa shape index (κ1) is 23.2. The number of hydrogen-bond acceptors (Lipinski definition) is 4. The fourth-order valence-corrected chi connectivity index (χ4v) is 2.39. The second-order valence-corrected chi connectivity index (χ2v) is 6.09. The van der Waals surface area contributed by atoms with Gasteiger partial charge in [-0.1, -0.05) is 6.92 Å². The number of nitrogens with two attached hydrogens (primary N) is 1. The van der Waals surface area contributed by atoms with Crippen LogP contribution in [0.4, 0.5) is 0 Å². The predicted molar refractivity (Wildman–Crippen MR) is 91.4 cm³/mol. The van der Waals surface area contributed by atoms with Gasteiger partial charge in [-0.15, -0.1) is 24.8 Å². The van der Waals surface area contributed by atoms with Gasteiger partial charge in [0.05, 0.1) is 6.10 Å². The summed E-state index contributed by atoms with van der Waals surface area (Å²) in [4.78, 5) is 14.2. The van der Waals surface area contributed by atoms with Gasteiger partial charge in [0.15, 0.2) is 0 Å². The summed E-state index contributed by atoms with van der Waals surface area (Å²) < 4.78 is 5.39. The van der Waals surface area contributed by atoms with Crippen molar-refractivity contribution in [1.82, 2.24) is 10.2 Å². The third-order valence-electron chi connectivity index (χ3n) is 4.13. The summed E-state index contributed by atoms with van der Waals surface area (Å²) in [5.41, 5.74) is 5.48. The number of nitrogens with one attached hydrogen (secondary N) is 1. The molecule has 21 heavy (non-hydrogen) atoms. The molecule has 5 nitrogen and oxygen atoms in total. The number of piperidine rings is 1. The van der Waals surface area contributed by atoms with Crippen LogP contribution in [0.1, 0.15) is 33.6 Å². The fraction of sp³-hybridized carbons (Fsp3) is 0.929. The Morgan fingerprint density at radius 3 is 2.33 bits per heavy atom. The van der Waals surface area contributed by atoms with Crippen molar-refractivity contribution in [2.24, 2.45) is 11.7 Å². The van der Waals surface area contributed by atoms with Gasteiger partial charge in [-0.05, 0) is 26.7 Å². The standard InChI is InChI=1S/C14H29N3O2.2ClH/c1-11(9-15)13(18)16-10-14(2,3)17-7-5-12(19-4)6-8-17;;/h11-12H,5-10,15H2,1-4H3,(H,16,18);2*1H. The monoisotopic (exact) mass is 343 g/mol. The number of methoxy groups -OCH3 is 1. The van der Waals surface area contributed by atoms with E-state index in [1.807, 2.05) is 6.92 Å². The summed E-state index contributed by atoms with van der Waals surface area (Å²) in [6.07, 6.45) is 2.51. The molecule has 0 radical (unpaired) electrons. The van der Waals surface area contributed by atoms with E-state index in [9.17, 15) is 4.79 Å². The van der Waals surface area contributed by atoms with E-state index in [2.05, 4.69) is 24.1 Å². The molecular weight excluding hydrogens is 313 g/mol. The van der Waals surface area contributed by atoms with Crippen LogP contribution in [-0.2, 0) is 9.53 Å². The number of rotatable bonds is 6. The first-order valence-corrected chi connectivity index (χ1v) is 7.16. The zero-order valence-electron chi connectivity index (χ0n) is 13.6. The van der Waals surface area contributed by atoms with Crippen molar-refractivity contribution in [2.45, 2.75) is 45.3 Å². The first-order valence-electron chi connectivity index (χ1n) is 7.16. The number of halogens is 2. The van der Waals surface area contributed by atoms with Crippen LogP contribution in [0.2, 0.25) is 0 Å². The maximum Gasteiger partial charge on any atom is 0.224 e. The predicted octanol–water partition coefficient (Wildman–Crippen LogP) is 1.43. The summed E-state index contributed by atoms with van der Waals surface area (Å²) in [6, 6.07) is 0. The minimum absolute atomic E-state index is 0. The Kier molecular flexibility index (Phi) is 11.7. The summed E-state index contributed by atoms with van der Waals surface area (Å²) >= 11 is 0. The first-order chi connectivity index (χ1) is 8.90. The molecule has 1 saturated heterocycles. The zero-order valence-corrected chi connectivity index (χ0v) is 15.2. The smallest absolute Gasteiger partial charge is 0.224 e. The minimum atomic E-state index is -0.116. The fourth-order valence-electron chi connectivity index (χ4n) is 2.39. The number of carbonyl (C=O) groups excluding carboxylic acids is 1. The van der Waals surface area contributed by atoms with Crippen molar-refractivity contribution in [3.63, 3.8) is 0 Å². The number of nitrogens with zero attached hydrogens (tertiary/aromatic N) is 1. The number of hydrogen-bond donors (Lipinski definition) is 2. The van der Waals surface area contributed by atoms with Gasteiger partial charge in [-0.25, -0.2) is 0 Å². The van der Waals surface area contributed by atoms with Crippen LogP contribution in [0.3, 0.4) is 0 Å². The van der Waals surface area contributed by atoms with Crippen molar-refractivity contribution in [2.75, 3.05) is 33.3 Å². The average molecular weight is 344 g/mol. The van der Waals surface area contributed by atoms with Crippen LogP contribution in [0.15, 0.2) is 0 Å². The van der Waals surface area contributed by atoms with Crippen LogP contribution in [0.25, 0.3) is 0 Å². The number of likely N-dealkylation sites (tertiary alicyclic amines) is 1. The van der Waals surface area contributed by atoms with E-state index in [1.165, 1.54) is 0 Å². The summed E-state index contributed by atoms with van der Waals surface area (Å²) in [5, 5.41) is 3.00. The molecule has 1 fully saturated rings. The maximum atomic E-state index is 11.8. The van der Waals surface area contributed by atoms with E-state index in [0.717, 1.165) is 25.9 Å². The summed E-state index contributed by atoms with van der Waals surface area (Å²) in [5.74, 6) is -0.0719. The van der Waals surface area contributed by atoms with E-state index in [0.29, 0.717) is 19.2 Å². The average Bonchev–Trinajstić information content (AvgIpc) is 2.44. The molecule has 1 unspecified atom stereocenters. The molecule has 7 heteroatoms. The van der Waals surface area contributed by atoms with Gasteiger partial charge in [0.25, 0.3) is 0 Å². The molecule has 1 amide bonds. The lowest BCUT2D eigenvalue weighted by molar-refractivity contribution is -0.124. The molecular formula is C14H31Cl2N3O2. The summed E-state index contributed by atoms with van der Waals surface area (Å²) in [6.45, 7) is 9.30. The maximum absolute atomic E-state index is 11.8. The van der Waals surface area contributed by atoms with E-state index in [-0.39, 0.29) is 42.2 Å². The second kappa shape index (κ2) is 10.6. The third kappa shape index (κ3) is 7.15. The molecule has 0 saturated carbocycles. The number of amides is 1. The van der Waals surface area contributed by atoms with Crippen molar-refractivity contribution >= 4 is 30.7 Å². The summed E-state index contributed by atoms with van der Waals surface area (Å²) in [7, 11) is 1.78. The van der Waals surface area contributed by atoms with Crippen molar-refractivity contribution < 1.29 is 9.53 Å². The van der Waals surface area contributed by atoms with Crippen molar-refractivity contribution in [3.8, 4) is 0 Å². The van der Waals surface area contributed by atoms with Crippen LogP contribution < -0.4 is 11.1 Å². The Balaban J connectivity index is 0. The Morgan fingerprint density at radius 2 is 1.90 bits per heavy atom. The van der Waals surface area contributed by atoms with Crippen molar-refractivity contribution in [3.05, 3.63) is 0 Å². The van der Waals surface area contributed by atoms with Crippen LogP contribution in [0.5, 0.6) is 0 Å². The Bertz CT molecular complexity index is 296. The molecule has 0 aromatic heterocycles. The lowest BCUT2D eigenvalue weighted by Crippen LogP contribution is -2.55. The largest absolute Gasteiger partial charge is 0.381 e. The zero-order chi connectivity index (χ0) is 14.5. The number of ether oxygens (including phenoxy) is 1. The van der Waals surface area contributed by atoms with Gasteiger partial charge in [-0.3, -0.25) is 9.69 Å². The van der Waals surface area contributed by atoms with Crippen LogP contribution >= 0.6 is 24.8 Å². The lowest BCUT2D eigenvalue weighted by Gasteiger charge is -2.42. The SMILES string of the molecule is COC1CCN(C(C)(C)CNC(=O)C(C)CN)CC1.Cl.Cl. The van der Waals surface area contributed by atoms with Crippen LogP contribution in [-0.4, -0.2) is 55.7 Å². The Hall–Kier alpha value is -0.0700. The molecule has 0 aromatic rings. The highest BCUT2D eigenvalue weighted by atomic mass is 35.5. The Morgan fingerprint density at radius 1 is 1.38 bits per heavy atom. The molecule has 1 atom stereocenters. The second-order valence-electron chi connectivity index (χ2n) is 6.09. The highest BCUT2D eigenvalue weighted by Crippen LogP contribution is 2.21. The van der Waals surface area contributed by atoms with Gasteiger partial charge < -0.3 is 15.8 Å². The Labute approximate surface area is 141 Å². The minimum Gasteiger partial charge on any atom is -0.381 e. The van der Waals surface area contributed by atoms with Gasteiger partial charge in [0.2, 0.25) is 5.91 Å². The normalized spacial score (nSPS) is 18.3. The molecule has 128 valence electrons. The highest BCUT2D eigenvalue weighted by molar-refractivity contribution is 5.85. The van der Waals surface area contributed by atoms with Gasteiger partial charge in [0, 0.05) is 44.7 Å². The molecule has 0 spiro atoms. The van der Waals surface area contributed by atoms with E-state index >= 15 is 0 Å². The van der Waals surface area contributed by atoms with E-state index in [1.54, 1.807) is 7.11 Å². The molecule has 0 aromatic carbocycles. The van der Waals surface area contributed by atoms with Gasteiger partial charge in [0.1, 0.15) is 0 Å². The number of carbonyl (C=O) groups is 1. The van der Waals surface area contributed by atoms with Crippen LogP contribution in [0, 0.1) is 5.92 Å². The lowest BCUT2D eigenvalue weighted by atomic mass is 9.97. The quantitative estimate of drug-likeness (QED) is 0.765. The highest BCUT2D eigenvalue weighted by Gasteiger charge is 2.31.